The van der Waals surface area contributed by atoms with E-state index < -0.39 is 10.0 Å². The first kappa shape index (κ1) is 17.0. The fraction of sp³-hybridized carbons (Fsp3) is 0.421. The maximum absolute atomic E-state index is 13.0. The highest BCUT2D eigenvalue weighted by atomic mass is 32.2. The summed E-state index contributed by atoms with van der Waals surface area (Å²) in [6, 6.07) is 6.67. The summed E-state index contributed by atoms with van der Waals surface area (Å²) in [7, 11) is -3.58. The third kappa shape index (κ3) is 2.79. The van der Waals surface area contributed by atoms with E-state index in [2.05, 4.69) is 0 Å². The molecule has 3 aliphatic rings. The summed E-state index contributed by atoms with van der Waals surface area (Å²) in [5.74, 6) is 0.0771. The smallest absolute Gasteiger partial charge is 0.243 e. The Morgan fingerprint density at radius 2 is 1.85 bits per heavy atom. The Balaban J connectivity index is 1.30. The molecule has 27 heavy (non-hydrogen) atoms. The molecule has 7 nitrogen and oxygen atoms in total. The first-order valence-corrected chi connectivity index (χ1v) is 10.5. The highest BCUT2D eigenvalue weighted by Crippen LogP contribution is 2.32. The molecular weight excluding hydrogens is 368 g/mol. The third-order valence-electron chi connectivity index (χ3n) is 5.65. The number of ether oxygens (including phenoxy) is 1. The lowest BCUT2D eigenvalue weighted by Crippen LogP contribution is -2.39. The molecule has 3 aliphatic heterocycles. The fourth-order valence-electron chi connectivity index (χ4n) is 4.11. The Bertz CT molecular complexity index is 1030. The van der Waals surface area contributed by atoms with Crippen LogP contribution in [0.5, 0.6) is 0 Å². The van der Waals surface area contributed by atoms with Crippen LogP contribution in [0.15, 0.2) is 51.0 Å². The average molecular weight is 388 g/mol. The lowest BCUT2D eigenvalue weighted by atomic mass is 10.1. The van der Waals surface area contributed by atoms with E-state index >= 15 is 0 Å². The monoisotopic (exact) mass is 388 g/mol. The molecule has 0 aliphatic carbocycles. The molecule has 5 rings (SSSR count). The minimum atomic E-state index is -3.58. The molecule has 0 unspecified atom stereocenters. The molecule has 0 radical (unpaired) electrons. The van der Waals surface area contributed by atoms with Crippen LogP contribution in [0.3, 0.4) is 0 Å². The topological polar surface area (TPSA) is 80.1 Å². The molecule has 2 aromatic rings. The van der Waals surface area contributed by atoms with Gasteiger partial charge in [0.2, 0.25) is 15.9 Å². The van der Waals surface area contributed by atoms with Gasteiger partial charge >= 0.3 is 0 Å². The van der Waals surface area contributed by atoms with Crippen LogP contribution in [0.4, 0.5) is 0 Å². The number of nitrogens with zero attached hydrogens (tertiary/aromatic N) is 2. The van der Waals surface area contributed by atoms with Crippen LogP contribution in [0, 0.1) is 5.92 Å². The lowest BCUT2D eigenvalue weighted by molar-refractivity contribution is -0.134. The summed E-state index contributed by atoms with van der Waals surface area (Å²) in [4.78, 5) is 14.7. The van der Waals surface area contributed by atoms with E-state index in [0.29, 0.717) is 45.0 Å². The van der Waals surface area contributed by atoms with Gasteiger partial charge in [-0.3, -0.25) is 4.79 Å². The number of rotatable bonds is 3. The van der Waals surface area contributed by atoms with E-state index in [1.807, 2.05) is 4.90 Å². The van der Waals surface area contributed by atoms with Gasteiger partial charge in [-0.2, -0.15) is 4.31 Å². The van der Waals surface area contributed by atoms with Crippen molar-refractivity contribution < 1.29 is 22.4 Å². The third-order valence-corrected chi connectivity index (χ3v) is 7.44. The van der Waals surface area contributed by atoms with E-state index in [9.17, 15) is 13.2 Å². The molecule has 142 valence electrons. The van der Waals surface area contributed by atoms with E-state index in [0.717, 1.165) is 23.0 Å². The summed E-state index contributed by atoms with van der Waals surface area (Å²) in [6.45, 7) is 2.90. The van der Waals surface area contributed by atoms with Crippen LogP contribution in [-0.2, 0) is 19.6 Å². The second-order valence-corrected chi connectivity index (χ2v) is 9.29. The Kier molecular flexibility index (Phi) is 3.89. The van der Waals surface area contributed by atoms with Gasteiger partial charge in [-0.05, 0) is 41.8 Å². The van der Waals surface area contributed by atoms with Crippen molar-refractivity contribution in [3.63, 3.8) is 0 Å². The number of carbonyl (C=O) groups is 1. The minimum absolute atomic E-state index is 0.0495. The molecular formula is C19H20N2O5S. The van der Waals surface area contributed by atoms with Crippen LogP contribution in [0.25, 0.3) is 11.0 Å². The largest absolute Gasteiger partial charge is 0.464 e. The van der Waals surface area contributed by atoms with Gasteiger partial charge in [-0.1, -0.05) is 0 Å². The van der Waals surface area contributed by atoms with Gasteiger partial charge in [0.15, 0.2) is 0 Å². The average Bonchev–Trinajstić information content (AvgIpc) is 3.43. The molecule has 8 heteroatoms. The zero-order valence-electron chi connectivity index (χ0n) is 14.8. The van der Waals surface area contributed by atoms with Crippen molar-refractivity contribution in [2.45, 2.75) is 11.3 Å². The van der Waals surface area contributed by atoms with Crippen molar-refractivity contribution >= 4 is 26.9 Å². The van der Waals surface area contributed by atoms with Crippen molar-refractivity contribution in [3.8, 4) is 0 Å². The summed E-state index contributed by atoms with van der Waals surface area (Å²) >= 11 is 0. The van der Waals surface area contributed by atoms with Gasteiger partial charge in [0, 0.05) is 38.2 Å². The number of fused-ring (bicyclic) bond motifs is 1. The number of furan rings is 1. The zero-order valence-corrected chi connectivity index (χ0v) is 15.6. The SMILES string of the molecule is O=C([C@@H]1CCOC1)N1CC2=C(C1)CN(S(=O)(=O)c1ccc3occc3c1)C2. The van der Waals surface area contributed by atoms with Crippen molar-refractivity contribution in [2.75, 3.05) is 39.4 Å². The van der Waals surface area contributed by atoms with Crippen LogP contribution in [-0.4, -0.2) is 62.9 Å². The highest BCUT2D eigenvalue weighted by molar-refractivity contribution is 7.89. The van der Waals surface area contributed by atoms with Gasteiger partial charge in [0.05, 0.1) is 23.7 Å². The maximum atomic E-state index is 13.0. The second-order valence-electron chi connectivity index (χ2n) is 7.36. The quantitative estimate of drug-likeness (QED) is 0.747. The van der Waals surface area contributed by atoms with Gasteiger partial charge in [-0.25, -0.2) is 8.42 Å². The summed E-state index contributed by atoms with van der Waals surface area (Å²) in [6.07, 6.45) is 2.32. The summed E-state index contributed by atoms with van der Waals surface area (Å²) in [5.41, 5.74) is 2.77. The molecule has 0 saturated carbocycles. The van der Waals surface area contributed by atoms with Crippen molar-refractivity contribution in [2.24, 2.45) is 5.92 Å². The molecule has 0 spiro atoms. The Morgan fingerprint density at radius 3 is 2.56 bits per heavy atom. The van der Waals surface area contributed by atoms with Gasteiger partial charge in [0.25, 0.3) is 0 Å². The van der Waals surface area contributed by atoms with E-state index in [-0.39, 0.29) is 16.7 Å². The molecule has 0 bridgehead atoms. The van der Waals surface area contributed by atoms with Crippen LogP contribution in [0.1, 0.15) is 6.42 Å². The Morgan fingerprint density at radius 1 is 1.07 bits per heavy atom. The van der Waals surface area contributed by atoms with Gasteiger partial charge in [-0.15, -0.1) is 0 Å². The summed E-state index contributed by atoms with van der Waals surface area (Å²) < 4.78 is 38.2. The van der Waals surface area contributed by atoms with Crippen molar-refractivity contribution in [1.82, 2.24) is 9.21 Å². The Hall–Kier alpha value is -2.16. The lowest BCUT2D eigenvalue weighted by Gasteiger charge is -2.24. The fourth-order valence-corrected chi connectivity index (χ4v) is 5.58. The maximum Gasteiger partial charge on any atom is 0.243 e. The number of sulfonamides is 1. The van der Waals surface area contributed by atoms with Crippen LogP contribution < -0.4 is 0 Å². The normalized spacial score (nSPS) is 23.6. The zero-order chi connectivity index (χ0) is 18.6. The first-order valence-electron chi connectivity index (χ1n) is 9.06. The molecule has 1 saturated heterocycles. The standard InChI is InChI=1S/C19H20N2O5S/c22-19(14-3-5-25-12-14)20-8-15-10-21(11-16(15)9-20)27(23,24)17-1-2-18-13(7-17)4-6-26-18/h1-2,4,6-7,14H,3,5,8-12H2/t14-/m1/s1. The Labute approximate surface area is 157 Å². The van der Waals surface area contributed by atoms with Crippen LogP contribution in [0.2, 0.25) is 0 Å². The number of benzene rings is 1. The van der Waals surface area contributed by atoms with Gasteiger partial charge < -0.3 is 14.1 Å². The molecule has 1 aromatic heterocycles. The van der Waals surface area contributed by atoms with E-state index in [1.165, 1.54) is 4.31 Å². The molecule has 1 aromatic carbocycles. The van der Waals surface area contributed by atoms with Gasteiger partial charge in [0.1, 0.15) is 5.58 Å². The molecule has 1 atom stereocenters. The number of hydrogen-bond acceptors (Lipinski definition) is 5. The number of carbonyl (C=O) groups excluding carboxylic acids is 1. The number of hydrogen-bond donors (Lipinski definition) is 0. The molecule has 1 amide bonds. The van der Waals surface area contributed by atoms with E-state index in [4.69, 9.17) is 9.15 Å². The predicted molar refractivity (Wildman–Crippen MR) is 97.5 cm³/mol. The van der Waals surface area contributed by atoms with Crippen molar-refractivity contribution in [1.29, 1.82) is 0 Å². The molecule has 0 N–H and O–H groups in total. The van der Waals surface area contributed by atoms with Crippen molar-refractivity contribution in [3.05, 3.63) is 41.7 Å². The number of amides is 1. The highest BCUT2D eigenvalue weighted by Gasteiger charge is 2.39. The summed E-state index contributed by atoms with van der Waals surface area (Å²) in [5, 5.41) is 0.770. The second kappa shape index (κ2) is 6.19. The minimum Gasteiger partial charge on any atom is -0.464 e. The predicted octanol–water partition coefficient (Wildman–Crippen LogP) is 1.61. The van der Waals surface area contributed by atoms with Crippen LogP contribution >= 0.6 is 0 Å². The van der Waals surface area contributed by atoms with E-state index in [1.54, 1.807) is 30.5 Å². The first-order chi connectivity index (χ1) is 13.0. The molecule has 4 heterocycles. The molecule has 1 fully saturated rings.